The first-order valence-electron chi connectivity index (χ1n) is 9.36. The number of carbonyl (C=O) groups excluding carboxylic acids is 1. The van der Waals surface area contributed by atoms with Gasteiger partial charge in [0.25, 0.3) is 5.91 Å². The second-order valence-corrected chi connectivity index (χ2v) is 7.94. The van der Waals surface area contributed by atoms with Gasteiger partial charge in [0.05, 0.1) is 17.4 Å². The van der Waals surface area contributed by atoms with E-state index in [0.717, 1.165) is 22.6 Å². The summed E-state index contributed by atoms with van der Waals surface area (Å²) in [6.07, 6.45) is -1.85. The maximum atomic E-state index is 12.8. The number of halogens is 3. The lowest BCUT2D eigenvalue weighted by Gasteiger charge is -2.45. The molecule has 1 fully saturated rings. The van der Waals surface area contributed by atoms with Gasteiger partial charge in [-0.2, -0.15) is 8.78 Å². The van der Waals surface area contributed by atoms with Gasteiger partial charge in [-0.05, 0) is 49.6 Å². The van der Waals surface area contributed by atoms with Gasteiger partial charge in [-0.1, -0.05) is 29.8 Å². The fraction of sp³-hybridized carbons (Fsp3) is 0.381. The summed E-state index contributed by atoms with van der Waals surface area (Å²) in [6, 6.07) is 13.6. The number of carbonyl (C=O) groups is 1. The quantitative estimate of drug-likeness (QED) is 0.771. The smallest absolute Gasteiger partial charge is 0.315 e. The minimum absolute atomic E-state index is 0.0403. The van der Waals surface area contributed by atoms with Crippen LogP contribution in [0.4, 0.5) is 25.8 Å². The normalized spacial score (nSPS) is 23.6. The van der Waals surface area contributed by atoms with Crippen LogP contribution in [0.2, 0.25) is 5.02 Å². The molecule has 3 atom stereocenters. The molecule has 2 aliphatic rings. The van der Waals surface area contributed by atoms with Crippen molar-refractivity contribution in [3.05, 3.63) is 53.1 Å². The van der Waals surface area contributed by atoms with E-state index in [0.29, 0.717) is 17.9 Å². The molecule has 2 aromatic rings. The molecule has 2 aromatic carbocycles. The van der Waals surface area contributed by atoms with Crippen LogP contribution in [0, 0.1) is 0 Å². The first-order valence-corrected chi connectivity index (χ1v) is 9.73. The van der Waals surface area contributed by atoms with E-state index in [1.54, 1.807) is 0 Å². The van der Waals surface area contributed by atoms with Gasteiger partial charge in [-0.15, -0.1) is 0 Å². The molecule has 0 aromatic heterocycles. The van der Waals surface area contributed by atoms with Gasteiger partial charge in [0, 0.05) is 29.8 Å². The van der Waals surface area contributed by atoms with E-state index in [9.17, 15) is 13.6 Å². The lowest BCUT2D eigenvalue weighted by molar-refractivity contribution is -0.132. The molecule has 7 heteroatoms. The van der Waals surface area contributed by atoms with Crippen LogP contribution in [0.25, 0.3) is 0 Å². The van der Waals surface area contributed by atoms with Crippen molar-refractivity contribution >= 4 is 34.6 Å². The first kappa shape index (κ1) is 19.0. The van der Waals surface area contributed by atoms with Gasteiger partial charge < -0.3 is 15.1 Å². The molecule has 1 amide bonds. The van der Waals surface area contributed by atoms with Crippen molar-refractivity contribution in [3.63, 3.8) is 0 Å². The topological polar surface area (TPSA) is 35.6 Å². The SMILES string of the molecule is CC1C[C@@H](NC(=O)C(F)F)C[C@@H]2c3ccccc3N(C)c3ccc(Cl)cc3N12. The number of anilines is 3. The molecular formula is C21H22ClF2N3O. The summed E-state index contributed by atoms with van der Waals surface area (Å²) >= 11 is 6.31. The lowest BCUT2D eigenvalue weighted by atomic mass is 9.87. The van der Waals surface area contributed by atoms with Gasteiger partial charge in [0.2, 0.25) is 0 Å². The zero-order chi connectivity index (χ0) is 20.0. The fourth-order valence-electron chi connectivity index (χ4n) is 4.57. The predicted octanol–water partition coefficient (Wildman–Crippen LogP) is 4.90. The molecule has 1 unspecified atom stereocenters. The first-order chi connectivity index (χ1) is 13.4. The number of rotatable bonds is 2. The molecule has 4 nitrogen and oxygen atoms in total. The Hall–Kier alpha value is -2.34. The Morgan fingerprint density at radius 2 is 1.89 bits per heavy atom. The third kappa shape index (κ3) is 3.20. The number of alkyl halides is 2. The minimum atomic E-state index is -3.00. The maximum absolute atomic E-state index is 12.8. The van der Waals surface area contributed by atoms with Crippen LogP contribution in [0.5, 0.6) is 0 Å². The highest BCUT2D eigenvalue weighted by atomic mass is 35.5. The van der Waals surface area contributed by atoms with Crippen molar-refractivity contribution in [2.45, 2.75) is 44.3 Å². The third-order valence-corrected chi connectivity index (χ3v) is 5.96. The van der Waals surface area contributed by atoms with Gasteiger partial charge >= 0.3 is 6.43 Å². The second-order valence-electron chi connectivity index (χ2n) is 7.50. The molecule has 1 saturated heterocycles. The Kier molecular flexibility index (Phi) is 4.91. The zero-order valence-electron chi connectivity index (χ0n) is 15.7. The van der Waals surface area contributed by atoms with Crippen molar-refractivity contribution in [2.24, 2.45) is 0 Å². The predicted molar refractivity (Wildman–Crippen MR) is 108 cm³/mol. The van der Waals surface area contributed by atoms with Gasteiger partial charge in [0.15, 0.2) is 0 Å². The molecule has 0 saturated carbocycles. The van der Waals surface area contributed by atoms with E-state index in [4.69, 9.17) is 11.6 Å². The van der Waals surface area contributed by atoms with Crippen molar-refractivity contribution in [1.29, 1.82) is 0 Å². The van der Waals surface area contributed by atoms with Crippen molar-refractivity contribution in [3.8, 4) is 0 Å². The Balaban J connectivity index is 1.81. The molecule has 0 radical (unpaired) electrons. The summed E-state index contributed by atoms with van der Waals surface area (Å²) in [4.78, 5) is 16.0. The van der Waals surface area contributed by atoms with E-state index in [2.05, 4.69) is 34.2 Å². The highest BCUT2D eigenvalue weighted by Gasteiger charge is 2.40. The molecule has 2 heterocycles. The van der Waals surface area contributed by atoms with Crippen LogP contribution >= 0.6 is 11.6 Å². The largest absolute Gasteiger partial charge is 0.360 e. The molecule has 148 valence electrons. The number of nitrogens with one attached hydrogen (secondary N) is 1. The van der Waals surface area contributed by atoms with Crippen LogP contribution in [-0.2, 0) is 4.79 Å². The molecule has 0 aliphatic carbocycles. The minimum Gasteiger partial charge on any atom is -0.360 e. The Morgan fingerprint density at radius 3 is 2.64 bits per heavy atom. The van der Waals surface area contributed by atoms with E-state index in [-0.39, 0.29) is 18.1 Å². The van der Waals surface area contributed by atoms with Crippen molar-refractivity contribution in [2.75, 3.05) is 16.8 Å². The number of benzene rings is 2. The molecular weight excluding hydrogens is 384 g/mol. The maximum Gasteiger partial charge on any atom is 0.315 e. The monoisotopic (exact) mass is 405 g/mol. The number of hydrogen-bond acceptors (Lipinski definition) is 3. The van der Waals surface area contributed by atoms with E-state index < -0.39 is 12.3 Å². The summed E-state index contributed by atoms with van der Waals surface area (Å²) in [5.41, 5.74) is 4.23. The molecule has 0 bridgehead atoms. The Morgan fingerprint density at radius 1 is 1.14 bits per heavy atom. The van der Waals surface area contributed by atoms with Gasteiger partial charge in [0.1, 0.15) is 0 Å². The summed E-state index contributed by atoms with van der Waals surface area (Å²) in [5.74, 6) is -1.20. The highest BCUT2D eigenvalue weighted by molar-refractivity contribution is 6.31. The van der Waals surface area contributed by atoms with Gasteiger partial charge in [-0.3, -0.25) is 4.79 Å². The number of hydrogen-bond donors (Lipinski definition) is 1. The van der Waals surface area contributed by atoms with Gasteiger partial charge in [-0.25, -0.2) is 0 Å². The number of para-hydroxylation sites is 1. The average Bonchev–Trinajstić information content (AvgIpc) is 2.76. The van der Waals surface area contributed by atoms with E-state index in [1.807, 2.05) is 37.4 Å². The van der Waals surface area contributed by atoms with Crippen LogP contribution in [0.3, 0.4) is 0 Å². The fourth-order valence-corrected chi connectivity index (χ4v) is 4.73. The Bertz CT molecular complexity index is 907. The molecule has 2 aliphatic heterocycles. The standard InChI is InChI=1S/C21H22ClF2N3O/c1-12-9-14(25-21(28)20(23)24)11-18-15-5-3-4-6-16(15)26(2)17-8-7-13(22)10-19(17)27(12)18/h3-8,10,12,14,18,20H,9,11H2,1-2H3,(H,25,28)/t12?,14-,18-/m1/s1. The van der Waals surface area contributed by atoms with Crippen LogP contribution in [-0.4, -0.2) is 31.5 Å². The molecule has 4 rings (SSSR count). The van der Waals surface area contributed by atoms with Crippen molar-refractivity contribution in [1.82, 2.24) is 5.32 Å². The van der Waals surface area contributed by atoms with Crippen molar-refractivity contribution < 1.29 is 13.6 Å². The lowest BCUT2D eigenvalue weighted by Crippen LogP contribution is -2.51. The molecule has 28 heavy (non-hydrogen) atoms. The van der Waals surface area contributed by atoms with Crippen LogP contribution in [0.15, 0.2) is 42.5 Å². The molecule has 0 spiro atoms. The number of fused-ring (bicyclic) bond motifs is 5. The third-order valence-electron chi connectivity index (χ3n) is 5.72. The Labute approximate surface area is 168 Å². The summed E-state index contributed by atoms with van der Waals surface area (Å²) in [7, 11) is 2.02. The number of amides is 1. The second kappa shape index (κ2) is 7.24. The highest BCUT2D eigenvalue weighted by Crippen LogP contribution is 2.49. The van der Waals surface area contributed by atoms with Crippen LogP contribution in [0.1, 0.15) is 31.4 Å². The molecule has 1 N–H and O–H groups in total. The number of piperidine rings is 1. The number of nitrogens with zero attached hydrogens (tertiary/aromatic N) is 2. The van der Waals surface area contributed by atoms with Crippen LogP contribution < -0.4 is 15.1 Å². The zero-order valence-corrected chi connectivity index (χ0v) is 16.5. The summed E-state index contributed by atoms with van der Waals surface area (Å²) < 4.78 is 25.5. The summed E-state index contributed by atoms with van der Waals surface area (Å²) in [6.45, 7) is 2.06. The average molecular weight is 406 g/mol. The summed E-state index contributed by atoms with van der Waals surface area (Å²) in [5, 5.41) is 3.17. The van der Waals surface area contributed by atoms with E-state index in [1.165, 1.54) is 0 Å². The van der Waals surface area contributed by atoms with E-state index >= 15 is 0 Å².